The number of hydrogen-bond acceptors (Lipinski definition) is 6. The number of nitrogens with one attached hydrogen (secondary N) is 1. The molecule has 3 heterocycles. The lowest BCUT2D eigenvalue weighted by molar-refractivity contribution is 0.102. The van der Waals surface area contributed by atoms with E-state index < -0.39 is 0 Å². The third-order valence-electron chi connectivity index (χ3n) is 4.71. The molecule has 1 N–H and O–H groups in total. The van der Waals surface area contributed by atoms with Crippen LogP contribution in [0.1, 0.15) is 21.6 Å². The average molecular weight is 395 g/mol. The minimum absolute atomic E-state index is 0.200. The van der Waals surface area contributed by atoms with E-state index in [0.29, 0.717) is 5.69 Å². The Morgan fingerprint density at radius 3 is 2.75 bits per heavy atom. The fourth-order valence-electron chi connectivity index (χ4n) is 3.06. The number of benzene rings is 1. The number of morpholine rings is 1. The van der Waals surface area contributed by atoms with Gasteiger partial charge in [-0.1, -0.05) is 12.1 Å². The summed E-state index contributed by atoms with van der Waals surface area (Å²) in [6.45, 7) is 7.15. The number of carbonyl (C=O) groups excluding carboxylic acids is 1. The third kappa shape index (κ3) is 4.05. The molecule has 28 heavy (non-hydrogen) atoms. The largest absolute Gasteiger partial charge is 0.378 e. The van der Waals surface area contributed by atoms with Crippen molar-refractivity contribution in [2.75, 3.05) is 36.5 Å². The lowest BCUT2D eigenvalue weighted by Gasteiger charge is -2.27. The van der Waals surface area contributed by atoms with E-state index in [1.807, 2.05) is 50.4 Å². The van der Waals surface area contributed by atoms with Crippen LogP contribution in [-0.2, 0) is 4.74 Å². The molecule has 0 bridgehead atoms. The predicted octanol–water partition coefficient (Wildman–Crippen LogP) is 3.91. The van der Waals surface area contributed by atoms with Crippen molar-refractivity contribution in [2.24, 2.45) is 0 Å². The molecule has 0 saturated carbocycles. The number of anilines is 2. The van der Waals surface area contributed by atoms with Crippen LogP contribution in [0.2, 0.25) is 0 Å². The van der Waals surface area contributed by atoms with Crippen LogP contribution in [0.5, 0.6) is 0 Å². The number of carbonyl (C=O) groups is 1. The van der Waals surface area contributed by atoms with Crippen LogP contribution in [0.3, 0.4) is 0 Å². The highest BCUT2D eigenvalue weighted by Gasteiger charge is 2.15. The first-order valence-corrected chi connectivity index (χ1v) is 10.1. The Morgan fingerprint density at radius 1 is 1.18 bits per heavy atom. The van der Waals surface area contributed by atoms with Crippen LogP contribution >= 0.6 is 11.3 Å². The van der Waals surface area contributed by atoms with Gasteiger partial charge in [-0.25, -0.2) is 9.97 Å². The van der Waals surface area contributed by atoms with Crippen LogP contribution in [0.25, 0.3) is 10.6 Å². The highest BCUT2D eigenvalue weighted by Crippen LogP contribution is 2.26. The van der Waals surface area contributed by atoms with Crippen molar-refractivity contribution in [3.63, 3.8) is 0 Å². The first-order valence-electron chi connectivity index (χ1n) is 9.23. The highest BCUT2D eigenvalue weighted by atomic mass is 32.1. The van der Waals surface area contributed by atoms with E-state index in [0.717, 1.165) is 59.5 Å². The van der Waals surface area contributed by atoms with E-state index in [1.165, 1.54) is 11.3 Å². The maximum absolute atomic E-state index is 12.6. The maximum Gasteiger partial charge on any atom is 0.275 e. The fourth-order valence-corrected chi connectivity index (χ4v) is 3.85. The number of hydrogen-bond donors (Lipinski definition) is 1. The number of thiazole rings is 1. The molecule has 4 rings (SSSR count). The van der Waals surface area contributed by atoms with Crippen molar-refractivity contribution in [3.05, 3.63) is 58.7 Å². The van der Waals surface area contributed by atoms with Crippen molar-refractivity contribution in [2.45, 2.75) is 13.8 Å². The molecule has 3 aromatic rings. The van der Waals surface area contributed by atoms with Gasteiger partial charge in [0.25, 0.3) is 5.91 Å². The topological polar surface area (TPSA) is 67.4 Å². The predicted molar refractivity (Wildman–Crippen MR) is 112 cm³/mol. The van der Waals surface area contributed by atoms with Crippen LogP contribution in [0, 0.1) is 13.8 Å². The summed E-state index contributed by atoms with van der Waals surface area (Å²) in [6, 6.07) is 9.99. The summed E-state index contributed by atoms with van der Waals surface area (Å²) in [5.41, 5.74) is 4.27. The van der Waals surface area contributed by atoms with Gasteiger partial charge in [-0.3, -0.25) is 4.79 Å². The fraction of sp³-hybridized carbons (Fsp3) is 0.286. The van der Waals surface area contributed by atoms with E-state index in [-0.39, 0.29) is 5.91 Å². The summed E-state index contributed by atoms with van der Waals surface area (Å²) in [5.74, 6) is 0.741. The van der Waals surface area contributed by atoms with Crippen molar-refractivity contribution < 1.29 is 9.53 Å². The van der Waals surface area contributed by atoms with Gasteiger partial charge in [0.05, 0.1) is 13.2 Å². The highest BCUT2D eigenvalue weighted by molar-refractivity contribution is 7.13. The van der Waals surface area contributed by atoms with Gasteiger partial charge in [0.1, 0.15) is 16.5 Å². The van der Waals surface area contributed by atoms with Gasteiger partial charge in [-0.05, 0) is 43.2 Å². The average Bonchev–Trinajstić information content (AvgIpc) is 3.22. The molecule has 0 radical (unpaired) electrons. The van der Waals surface area contributed by atoms with E-state index in [1.54, 1.807) is 5.38 Å². The Morgan fingerprint density at radius 2 is 2.00 bits per heavy atom. The Labute approximate surface area is 168 Å². The van der Waals surface area contributed by atoms with Crippen LogP contribution in [0.4, 0.5) is 11.5 Å². The molecule has 0 unspecified atom stereocenters. The second kappa shape index (κ2) is 8.08. The first-order chi connectivity index (χ1) is 13.6. The Hall–Kier alpha value is -2.77. The van der Waals surface area contributed by atoms with Gasteiger partial charge in [-0.15, -0.1) is 11.3 Å². The van der Waals surface area contributed by atoms with E-state index in [2.05, 4.69) is 20.2 Å². The van der Waals surface area contributed by atoms with E-state index in [9.17, 15) is 4.79 Å². The molecule has 1 aromatic carbocycles. The number of ether oxygens (including phenoxy) is 1. The zero-order chi connectivity index (χ0) is 19.5. The van der Waals surface area contributed by atoms with Gasteiger partial charge >= 0.3 is 0 Å². The first kappa shape index (κ1) is 18.6. The van der Waals surface area contributed by atoms with E-state index >= 15 is 0 Å². The molecular formula is C21H22N4O2S. The molecule has 1 aliphatic heterocycles. The normalized spacial score (nSPS) is 14.1. The number of aryl methyl sites for hydroxylation is 2. The molecule has 1 fully saturated rings. The van der Waals surface area contributed by atoms with Crippen molar-refractivity contribution >= 4 is 28.7 Å². The minimum atomic E-state index is -0.200. The molecule has 0 spiro atoms. The Bertz CT molecular complexity index is 978. The standard InChI is InChI=1S/C21H22N4O2S/c1-14-3-4-15(2)17(11-14)23-20(26)18-13-28-21(24-18)16-5-6-19(22-12-16)25-7-9-27-10-8-25/h3-6,11-13H,7-10H2,1-2H3,(H,23,26). The van der Waals surface area contributed by atoms with Gasteiger partial charge in [0, 0.05) is 35.9 Å². The number of amides is 1. The molecule has 1 saturated heterocycles. The molecule has 1 amide bonds. The van der Waals surface area contributed by atoms with Gasteiger partial charge in [-0.2, -0.15) is 0 Å². The van der Waals surface area contributed by atoms with E-state index in [4.69, 9.17) is 4.74 Å². The van der Waals surface area contributed by atoms with Crippen LogP contribution in [-0.4, -0.2) is 42.2 Å². The van der Waals surface area contributed by atoms with Crippen LogP contribution < -0.4 is 10.2 Å². The number of nitrogens with zero attached hydrogens (tertiary/aromatic N) is 3. The molecular weight excluding hydrogens is 372 g/mol. The minimum Gasteiger partial charge on any atom is -0.378 e. The Balaban J connectivity index is 1.47. The molecule has 144 valence electrons. The van der Waals surface area contributed by atoms with Gasteiger partial charge in [0.2, 0.25) is 0 Å². The molecule has 2 aromatic heterocycles. The van der Waals surface area contributed by atoms with Crippen LogP contribution in [0.15, 0.2) is 41.9 Å². The third-order valence-corrected chi connectivity index (χ3v) is 5.60. The zero-order valence-electron chi connectivity index (χ0n) is 15.9. The molecule has 1 aliphatic rings. The number of pyridine rings is 1. The monoisotopic (exact) mass is 394 g/mol. The van der Waals surface area contributed by atoms with Crippen molar-refractivity contribution in [1.29, 1.82) is 0 Å². The molecule has 0 atom stereocenters. The summed E-state index contributed by atoms with van der Waals surface area (Å²) in [6.07, 6.45) is 1.82. The second-order valence-corrected chi connectivity index (χ2v) is 7.67. The number of rotatable bonds is 4. The summed E-state index contributed by atoms with van der Waals surface area (Å²) in [4.78, 5) is 23.9. The zero-order valence-corrected chi connectivity index (χ0v) is 16.8. The summed E-state index contributed by atoms with van der Waals surface area (Å²) < 4.78 is 5.38. The summed E-state index contributed by atoms with van der Waals surface area (Å²) in [5, 5.41) is 5.52. The lowest BCUT2D eigenvalue weighted by Crippen LogP contribution is -2.36. The van der Waals surface area contributed by atoms with Crippen molar-refractivity contribution in [1.82, 2.24) is 9.97 Å². The summed E-state index contributed by atoms with van der Waals surface area (Å²) in [7, 11) is 0. The Kier molecular flexibility index (Phi) is 5.36. The second-order valence-electron chi connectivity index (χ2n) is 6.81. The van der Waals surface area contributed by atoms with Crippen molar-refractivity contribution in [3.8, 4) is 10.6 Å². The smallest absolute Gasteiger partial charge is 0.275 e. The molecule has 6 nitrogen and oxygen atoms in total. The number of aromatic nitrogens is 2. The summed E-state index contributed by atoms with van der Waals surface area (Å²) >= 11 is 1.44. The quantitative estimate of drug-likeness (QED) is 0.727. The van der Waals surface area contributed by atoms with Gasteiger partial charge in [0.15, 0.2) is 0 Å². The molecule has 0 aliphatic carbocycles. The maximum atomic E-state index is 12.6. The molecule has 7 heteroatoms. The van der Waals surface area contributed by atoms with Gasteiger partial charge < -0.3 is 15.0 Å². The SMILES string of the molecule is Cc1ccc(C)c(NC(=O)c2csc(-c3ccc(N4CCOCC4)nc3)n2)c1. The lowest BCUT2D eigenvalue weighted by atomic mass is 10.1.